The molecule has 1 aromatic heterocycles. The molecule has 1 heterocycles. The maximum absolute atomic E-state index is 6.67. The molecule has 2 heteroatoms. The normalized spacial score (nSPS) is 11.3. The SMILES string of the molecule is c1ccc(-c2ccc(N(c3ccc(-c4ccccc4)cc3)c3ccc(-c4c(-c5ccccc5)c5ccccc5c5oc6ccccc6c45)cc3)cc2)cc1. The molecule has 9 aromatic carbocycles. The number of nitrogens with zero attached hydrogens (tertiary/aromatic N) is 1. The Kier molecular flexibility index (Phi) is 7.85. The molecule has 0 fully saturated rings. The molecular formula is C52H35NO. The fourth-order valence-electron chi connectivity index (χ4n) is 7.93. The minimum Gasteiger partial charge on any atom is -0.455 e. The highest BCUT2D eigenvalue weighted by Crippen LogP contribution is 2.48. The molecule has 2 nitrogen and oxygen atoms in total. The van der Waals surface area contributed by atoms with Crippen LogP contribution in [0.4, 0.5) is 17.1 Å². The highest BCUT2D eigenvalue weighted by molar-refractivity contribution is 6.26. The van der Waals surface area contributed by atoms with E-state index in [9.17, 15) is 0 Å². The van der Waals surface area contributed by atoms with Crippen LogP contribution in [0.25, 0.3) is 77.2 Å². The summed E-state index contributed by atoms with van der Waals surface area (Å²) in [6.45, 7) is 0. The van der Waals surface area contributed by atoms with Crippen LogP contribution in [0, 0.1) is 0 Å². The van der Waals surface area contributed by atoms with Crippen LogP contribution >= 0.6 is 0 Å². The van der Waals surface area contributed by atoms with Gasteiger partial charge in [0.15, 0.2) is 0 Å². The number of anilines is 3. The van der Waals surface area contributed by atoms with Gasteiger partial charge >= 0.3 is 0 Å². The van der Waals surface area contributed by atoms with E-state index in [2.05, 4.69) is 211 Å². The third kappa shape index (κ3) is 5.53. The summed E-state index contributed by atoms with van der Waals surface area (Å²) < 4.78 is 6.67. The van der Waals surface area contributed by atoms with Crippen LogP contribution in [-0.2, 0) is 0 Å². The van der Waals surface area contributed by atoms with Crippen LogP contribution in [0.1, 0.15) is 0 Å². The Morgan fingerprint density at radius 3 is 1.17 bits per heavy atom. The highest BCUT2D eigenvalue weighted by Gasteiger charge is 2.23. The molecule has 0 amide bonds. The summed E-state index contributed by atoms with van der Waals surface area (Å²) in [4.78, 5) is 2.34. The molecule has 0 spiro atoms. The lowest BCUT2D eigenvalue weighted by Gasteiger charge is -2.26. The zero-order valence-electron chi connectivity index (χ0n) is 29.6. The Morgan fingerprint density at radius 1 is 0.278 bits per heavy atom. The molecule has 0 bridgehead atoms. The molecule has 10 aromatic rings. The Morgan fingerprint density at radius 2 is 0.648 bits per heavy atom. The van der Waals surface area contributed by atoms with Crippen molar-refractivity contribution in [3.05, 3.63) is 212 Å². The molecule has 0 radical (unpaired) electrons. The molecule has 0 aliphatic rings. The summed E-state index contributed by atoms with van der Waals surface area (Å²) in [5.41, 5.74) is 14.6. The fourth-order valence-corrected chi connectivity index (χ4v) is 7.93. The van der Waals surface area contributed by atoms with Gasteiger partial charge in [-0.15, -0.1) is 0 Å². The Balaban J connectivity index is 1.15. The number of fused-ring (bicyclic) bond motifs is 5. The Bertz CT molecular complexity index is 2790. The second-order valence-electron chi connectivity index (χ2n) is 13.7. The van der Waals surface area contributed by atoms with Gasteiger partial charge in [0.2, 0.25) is 0 Å². The van der Waals surface area contributed by atoms with E-state index in [0.717, 1.165) is 50.0 Å². The molecule has 0 saturated heterocycles. The molecule has 0 aliphatic carbocycles. The van der Waals surface area contributed by atoms with Crippen LogP contribution in [0.3, 0.4) is 0 Å². The number of benzene rings is 9. The maximum atomic E-state index is 6.67. The molecule has 0 saturated carbocycles. The van der Waals surface area contributed by atoms with Crippen molar-refractivity contribution < 1.29 is 4.42 Å². The first-order valence-electron chi connectivity index (χ1n) is 18.4. The zero-order valence-corrected chi connectivity index (χ0v) is 29.6. The lowest BCUT2D eigenvalue weighted by atomic mass is 9.86. The quantitative estimate of drug-likeness (QED) is 0.166. The van der Waals surface area contributed by atoms with E-state index < -0.39 is 0 Å². The second kappa shape index (κ2) is 13.4. The van der Waals surface area contributed by atoms with Crippen molar-refractivity contribution in [3.8, 4) is 44.5 Å². The van der Waals surface area contributed by atoms with Gasteiger partial charge in [-0.25, -0.2) is 0 Å². The summed E-state index contributed by atoms with van der Waals surface area (Å²) >= 11 is 0. The van der Waals surface area contributed by atoms with E-state index in [0.29, 0.717) is 0 Å². The van der Waals surface area contributed by atoms with Gasteiger partial charge in [-0.3, -0.25) is 0 Å². The number of rotatable bonds is 7. The van der Waals surface area contributed by atoms with E-state index in [4.69, 9.17) is 4.42 Å². The predicted molar refractivity (Wildman–Crippen MR) is 228 cm³/mol. The smallest absolute Gasteiger partial charge is 0.143 e. The van der Waals surface area contributed by atoms with Gasteiger partial charge in [-0.1, -0.05) is 170 Å². The number of hydrogen-bond donors (Lipinski definition) is 0. The first kappa shape index (κ1) is 31.6. The average Bonchev–Trinajstić information content (AvgIpc) is 3.65. The predicted octanol–water partition coefficient (Wildman–Crippen LogP) is 14.9. The fraction of sp³-hybridized carbons (Fsp3) is 0. The largest absolute Gasteiger partial charge is 0.455 e. The van der Waals surface area contributed by atoms with Crippen molar-refractivity contribution in [1.82, 2.24) is 0 Å². The van der Waals surface area contributed by atoms with Crippen molar-refractivity contribution in [2.75, 3.05) is 4.90 Å². The average molecular weight is 690 g/mol. The molecule has 254 valence electrons. The van der Waals surface area contributed by atoms with Crippen LogP contribution in [0.2, 0.25) is 0 Å². The molecule has 54 heavy (non-hydrogen) atoms. The number of hydrogen-bond acceptors (Lipinski definition) is 2. The highest BCUT2D eigenvalue weighted by atomic mass is 16.3. The van der Waals surface area contributed by atoms with Gasteiger partial charge in [0.1, 0.15) is 11.2 Å². The van der Waals surface area contributed by atoms with Crippen molar-refractivity contribution in [2.45, 2.75) is 0 Å². The van der Waals surface area contributed by atoms with E-state index in [1.807, 2.05) is 6.07 Å². The number of furan rings is 1. The first-order chi connectivity index (χ1) is 26.8. The van der Waals surface area contributed by atoms with E-state index >= 15 is 0 Å². The van der Waals surface area contributed by atoms with Gasteiger partial charge in [-0.2, -0.15) is 0 Å². The van der Waals surface area contributed by atoms with E-state index in [1.165, 1.54) is 44.3 Å². The van der Waals surface area contributed by atoms with Crippen LogP contribution in [0.5, 0.6) is 0 Å². The van der Waals surface area contributed by atoms with Gasteiger partial charge in [0.05, 0.1) is 0 Å². The van der Waals surface area contributed by atoms with Gasteiger partial charge in [0.25, 0.3) is 0 Å². The number of para-hydroxylation sites is 1. The third-order valence-corrected chi connectivity index (χ3v) is 10.5. The molecule has 0 aliphatic heterocycles. The summed E-state index contributed by atoms with van der Waals surface area (Å²) in [6.07, 6.45) is 0. The topological polar surface area (TPSA) is 16.4 Å². The van der Waals surface area contributed by atoms with E-state index in [1.54, 1.807) is 0 Å². The van der Waals surface area contributed by atoms with Gasteiger partial charge in [0, 0.05) is 38.8 Å². The van der Waals surface area contributed by atoms with Gasteiger partial charge in [-0.05, 0) is 86.8 Å². The minimum absolute atomic E-state index is 0.893. The molecule has 10 rings (SSSR count). The van der Waals surface area contributed by atoms with Crippen LogP contribution in [-0.4, -0.2) is 0 Å². The Hall–Kier alpha value is -7.16. The lowest BCUT2D eigenvalue weighted by molar-refractivity contribution is 0.673. The van der Waals surface area contributed by atoms with Crippen molar-refractivity contribution in [1.29, 1.82) is 0 Å². The molecule has 0 unspecified atom stereocenters. The summed E-state index contributed by atoms with van der Waals surface area (Å²) in [5, 5.41) is 4.55. The Labute approximate surface area is 314 Å². The maximum Gasteiger partial charge on any atom is 0.143 e. The monoisotopic (exact) mass is 689 g/mol. The van der Waals surface area contributed by atoms with E-state index in [-0.39, 0.29) is 0 Å². The molecule has 0 N–H and O–H groups in total. The van der Waals surface area contributed by atoms with Crippen LogP contribution < -0.4 is 4.90 Å². The van der Waals surface area contributed by atoms with Crippen molar-refractivity contribution in [2.24, 2.45) is 0 Å². The minimum atomic E-state index is 0.893. The summed E-state index contributed by atoms with van der Waals surface area (Å²) in [5.74, 6) is 0. The zero-order chi connectivity index (χ0) is 35.8. The van der Waals surface area contributed by atoms with Crippen LogP contribution in [0.15, 0.2) is 217 Å². The summed E-state index contributed by atoms with van der Waals surface area (Å²) in [6, 6.07) is 75.7. The second-order valence-corrected chi connectivity index (χ2v) is 13.7. The summed E-state index contributed by atoms with van der Waals surface area (Å²) in [7, 11) is 0. The molecular weight excluding hydrogens is 655 g/mol. The molecule has 0 atom stereocenters. The van der Waals surface area contributed by atoms with Crippen molar-refractivity contribution in [3.63, 3.8) is 0 Å². The first-order valence-corrected chi connectivity index (χ1v) is 18.4. The lowest BCUT2D eigenvalue weighted by Crippen LogP contribution is -2.09. The van der Waals surface area contributed by atoms with Gasteiger partial charge < -0.3 is 9.32 Å². The van der Waals surface area contributed by atoms with Crippen molar-refractivity contribution >= 4 is 49.8 Å². The third-order valence-electron chi connectivity index (χ3n) is 10.5. The standard InChI is InChI=1S/C52H35NO/c1-4-14-36(15-5-1)38-24-30-42(31-25-38)53(43-32-26-39(27-33-43)37-16-6-2-7-17-37)44-34-28-41(29-35-44)50-49(40-18-8-3-9-19-40)45-20-10-11-21-46(45)52-51(50)47-22-12-13-23-48(47)54-52/h1-35H.